The van der Waals surface area contributed by atoms with E-state index in [4.69, 9.17) is 9.40 Å². The molecule has 0 aliphatic heterocycles. The monoisotopic (exact) mass is 460 g/mol. The molecule has 0 saturated carbocycles. The van der Waals surface area contributed by atoms with Crippen molar-refractivity contribution in [2.24, 2.45) is 0 Å². The van der Waals surface area contributed by atoms with Gasteiger partial charge in [0.25, 0.3) is 10.8 Å². The minimum atomic E-state index is -0.128. The average Bonchev–Trinajstić information content (AvgIpc) is 3.38. The molecule has 0 aliphatic carbocycles. The SMILES string of the molecule is Cc1ccc(-c2nnc(SCc3nc4sc(C)c(-c5ccc(C)cc5)c4c(=O)[nH]3)o2)cc1. The minimum absolute atomic E-state index is 0.128. The van der Waals surface area contributed by atoms with Crippen molar-refractivity contribution in [1.29, 1.82) is 0 Å². The van der Waals surface area contributed by atoms with Crippen molar-refractivity contribution in [3.8, 4) is 22.6 Å². The molecule has 3 aromatic heterocycles. The van der Waals surface area contributed by atoms with Crippen LogP contribution in [0.5, 0.6) is 0 Å². The van der Waals surface area contributed by atoms with Gasteiger partial charge in [-0.25, -0.2) is 4.98 Å². The van der Waals surface area contributed by atoms with E-state index in [1.807, 2.05) is 57.2 Å². The van der Waals surface area contributed by atoms with E-state index in [1.165, 1.54) is 34.2 Å². The summed E-state index contributed by atoms with van der Waals surface area (Å²) in [7, 11) is 0. The molecule has 1 N–H and O–H groups in total. The Morgan fingerprint density at radius 3 is 2.28 bits per heavy atom. The van der Waals surface area contributed by atoms with Gasteiger partial charge in [0.05, 0.1) is 11.1 Å². The Kier molecular flexibility index (Phi) is 5.40. The van der Waals surface area contributed by atoms with Gasteiger partial charge in [0.1, 0.15) is 10.7 Å². The maximum Gasteiger partial charge on any atom is 0.277 e. The average molecular weight is 461 g/mol. The molecule has 0 fully saturated rings. The molecule has 32 heavy (non-hydrogen) atoms. The van der Waals surface area contributed by atoms with Crippen LogP contribution >= 0.6 is 23.1 Å². The summed E-state index contributed by atoms with van der Waals surface area (Å²) in [5.41, 5.74) is 5.09. The highest BCUT2D eigenvalue weighted by atomic mass is 32.2. The highest BCUT2D eigenvalue weighted by Gasteiger charge is 2.17. The summed E-state index contributed by atoms with van der Waals surface area (Å²) in [5, 5.41) is 9.31. The third-order valence-electron chi connectivity index (χ3n) is 5.16. The molecule has 8 heteroatoms. The molecule has 2 aromatic carbocycles. The molecule has 0 aliphatic rings. The highest BCUT2D eigenvalue weighted by molar-refractivity contribution is 7.98. The molecular formula is C24H20N4O2S2. The van der Waals surface area contributed by atoms with Gasteiger partial charge in [-0.15, -0.1) is 21.5 Å². The summed E-state index contributed by atoms with van der Waals surface area (Å²) in [6, 6.07) is 16.1. The van der Waals surface area contributed by atoms with E-state index in [-0.39, 0.29) is 5.56 Å². The van der Waals surface area contributed by atoms with Gasteiger partial charge < -0.3 is 9.40 Å². The fourth-order valence-corrected chi connectivity index (χ4v) is 5.21. The first kappa shape index (κ1) is 20.7. The number of hydrogen-bond acceptors (Lipinski definition) is 7. The van der Waals surface area contributed by atoms with Gasteiger partial charge in [0.2, 0.25) is 5.89 Å². The van der Waals surface area contributed by atoms with E-state index in [0.29, 0.717) is 28.1 Å². The summed E-state index contributed by atoms with van der Waals surface area (Å²) in [6.45, 7) is 6.11. The number of benzene rings is 2. The van der Waals surface area contributed by atoms with E-state index < -0.39 is 0 Å². The number of thiophene rings is 1. The predicted octanol–water partition coefficient (Wildman–Crippen LogP) is 5.92. The van der Waals surface area contributed by atoms with Crippen LogP contribution in [0.15, 0.2) is 63.0 Å². The van der Waals surface area contributed by atoms with Crippen LogP contribution in [0.1, 0.15) is 21.8 Å². The number of aryl methyl sites for hydroxylation is 3. The quantitative estimate of drug-likeness (QED) is 0.328. The number of nitrogens with zero attached hydrogens (tertiary/aromatic N) is 3. The second-order valence-electron chi connectivity index (χ2n) is 7.62. The summed E-state index contributed by atoms with van der Waals surface area (Å²) in [6.07, 6.45) is 0. The zero-order valence-corrected chi connectivity index (χ0v) is 19.4. The van der Waals surface area contributed by atoms with Crippen molar-refractivity contribution in [3.05, 3.63) is 80.7 Å². The lowest BCUT2D eigenvalue weighted by molar-refractivity contribution is 0.465. The van der Waals surface area contributed by atoms with Crippen LogP contribution in [-0.2, 0) is 5.75 Å². The van der Waals surface area contributed by atoms with E-state index in [9.17, 15) is 4.79 Å². The molecule has 6 nitrogen and oxygen atoms in total. The standard InChI is InChI=1S/C24H20N4O2S2/c1-13-4-8-16(9-5-13)19-15(3)32-23-20(19)21(29)25-18(26-23)12-31-24-28-27-22(30-24)17-10-6-14(2)7-11-17/h4-11H,12H2,1-3H3,(H,25,26,29). The molecule has 0 atom stereocenters. The number of nitrogens with one attached hydrogen (secondary N) is 1. The Hall–Kier alpha value is -3.23. The fourth-order valence-electron chi connectivity index (χ4n) is 3.51. The van der Waals surface area contributed by atoms with Crippen molar-refractivity contribution >= 4 is 33.3 Å². The third-order valence-corrected chi connectivity index (χ3v) is 6.99. The number of hydrogen-bond donors (Lipinski definition) is 1. The normalized spacial score (nSPS) is 11.3. The molecule has 3 heterocycles. The van der Waals surface area contributed by atoms with Crippen LogP contribution in [0.3, 0.4) is 0 Å². The molecule has 0 saturated heterocycles. The van der Waals surface area contributed by atoms with E-state index in [0.717, 1.165) is 26.4 Å². The third kappa shape index (κ3) is 3.99. The molecule has 0 amide bonds. The first-order valence-corrected chi connectivity index (χ1v) is 11.9. The summed E-state index contributed by atoms with van der Waals surface area (Å²) >= 11 is 2.89. The Morgan fingerprint density at radius 1 is 0.938 bits per heavy atom. The summed E-state index contributed by atoms with van der Waals surface area (Å²) in [4.78, 5) is 22.4. The molecule has 0 radical (unpaired) electrons. The highest BCUT2D eigenvalue weighted by Crippen LogP contribution is 2.36. The molecule has 160 valence electrons. The zero-order chi connectivity index (χ0) is 22.2. The Morgan fingerprint density at radius 2 is 1.59 bits per heavy atom. The summed E-state index contributed by atoms with van der Waals surface area (Å²) < 4.78 is 5.76. The van der Waals surface area contributed by atoms with Crippen molar-refractivity contribution in [1.82, 2.24) is 20.2 Å². The Bertz CT molecular complexity index is 1470. The van der Waals surface area contributed by atoms with Gasteiger partial charge >= 0.3 is 0 Å². The van der Waals surface area contributed by atoms with Gasteiger partial charge in [0.15, 0.2) is 0 Å². The van der Waals surface area contributed by atoms with Gasteiger partial charge in [0, 0.05) is 16.0 Å². The molecule has 5 aromatic rings. The van der Waals surface area contributed by atoms with E-state index in [2.05, 4.69) is 27.3 Å². The van der Waals surface area contributed by atoms with Crippen LogP contribution in [0, 0.1) is 20.8 Å². The van der Waals surface area contributed by atoms with Crippen LogP contribution in [-0.4, -0.2) is 20.2 Å². The first-order valence-electron chi connectivity index (χ1n) is 10.1. The number of thioether (sulfide) groups is 1. The van der Waals surface area contributed by atoms with Crippen molar-refractivity contribution in [2.75, 3.05) is 0 Å². The summed E-state index contributed by atoms with van der Waals surface area (Å²) in [5.74, 6) is 1.48. The number of H-pyrrole nitrogens is 1. The van der Waals surface area contributed by atoms with Crippen LogP contribution in [0.4, 0.5) is 0 Å². The molecule has 0 unspecified atom stereocenters. The molecule has 0 bridgehead atoms. The molecular weight excluding hydrogens is 440 g/mol. The lowest BCUT2D eigenvalue weighted by Gasteiger charge is -2.03. The number of aromatic amines is 1. The first-order chi connectivity index (χ1) is 15.5. The lowest BCUT2D eigenvalue weighted by Crippen LogP contribution is -2.10. The minimum Gasteiger partial charge on any atom is -0.411 e. The number of fused-ring (bicyclic) bond motifs is 1. The second-order valence-corrected chi connectivity index (χ2v) is 9.75. The van der Waals surface area contributed by atoms with Gasteiger partial charge in [-0.05, 0) is 38.5 Å². The predicted molar refractivity (Wildman–Crippen MR) is 129 cm³/mol. The Balaban J connectivity index is 1.40. The molecule has 0 spiro atoms. The Labute approximate surface area is 192 Å². The van der Waals surface area contributed by atoms with E-state index >= 15 is 0 Å². The zero-order valence-electron chi connectivity index (χ0n) is 17.8. The lowest BCUT2D eigenvalue weighted by atomic mass is 10.0. The number of aromatic nitrogens is 4. The van der Waals surface area contributed by atoms with Crippen LogP contribution in [0.2, 0.25) is 0 Å². The number of rotatable bonds is 5. The maximum absolute atomic E-state index is 13.0. The van der Waals surface area contributed by atoms with Gasteiger partial charge in [-0.3, -0.25) is 4.79 Å². The van der Waals surface area contributed by atoms with Crippen molar-refractivity contribution < 1.29 is 4.42 Å². The van der Waals surface area contributed by atoms with Crippen molar-refractivity contribution in [2.45, 2.75) is 31.7 Å². The van der Waals surface area contributed by atoms with E-state index in [1.54, 1.807) is 0 Å². The smallest absolute Gasteiger partial charge is 0.277 e. The van der Waals surface area contributed by atoms with Gasteiger partial charge in [-0.2, -0.15) is 0 Å². The van der Waals surface area contributed by atoms with Gasteiger partial charge in [-0.1, -0.05) is 59.3 Å². The van der Waals surface area contributed by atoms with Crippen LogP contribution in [0.25, 0.3) is 32.8 Å². The second kappa shape index (κ2) is 8.37. The molecule has 5 rings (SSSR count). The van der Waals surface area contributed by atoms with Crippen molar-refractivity contribution in [3.63, 3.8) is 0 Å². The fraction of sp³-hybridized carbons (Fsp3) is 0.167. The van der Waals surface area contributed by atoms with Crippen LogP contribution < -0.4 is 5.56 Å². The largest absolute Gasteiger partial charge is 0.411 e. The maximum atomic E-state index is 13.0. The topological polar surface area (TPSA) is 84.7 Å².